The van der Waals surface area contributed by atoms with E-state index >= 15 is 0 Å². The number of carboxylic acids is 2. The number of nitrogens with zero attached hydrogens (tertiary/aromatic N) is 3. The second-order valence-corrected chi connectivity index (χ2v) is 9.61. The van der Waals surface area contributed by atoms with Gasteiger partial charge in [0.15, 0.2) is 0 Å². The molecule has 0 amide bonds. The van der Waals surface area contributed by atoms with Gasteiger partial charge < -0.3 is 34.4 Å². The number of ether oxygens (including phenoxy) is 1. The maximum atomic E-state index is 14.0. The number of fused-ring (bicyclic) bond motifs is 1. The van der Waals surface area contributed by atoms with Crippen LogP contribution in [0.4, 0.5) is 26.3 Å². The first-order valence-corrected chi connectivity index (χ1v) is 12.8. The van der Waals surface area contributed by atoms with Crippen LogP contribution in [0.2, 0.25) is 0 Å². The Labute approximate surface area is 248 Å². The second-order valence-electron chi connectivity index (χ2n) is 9.61. The highest BCUT2D eigenvalue weighted by atomic mass is 19.4. The number of nitrogens with one attached hydrogen (secondary N) is 1. The molecule has 3 heterocycles. The summed E-state index contributed by atoms with van der Waals surface area (Å²) in [5.41, 5.74) is -0.500. The van der Waals surface area contributed by atoms with Crippen LogP contribution in [0.25, 0.3) is 34.3 Å². The number of aliphatic hydroxyl groups is 1. The van der Waals surface area contributed by atoms with E-state index in [1.807, 2.05) is 0 Å². The van der Waals surface area contributed by atoms with Crippen LogP contribution in [0.3, 0.4) is 0 Å². The standard InChI is InChI=1S/C25H21F3N4O6.C2HF3O2/c1-12(9-18(33)34)29-16-11-36-17-10-14(7-8-15(17)21(16)35)23-30-24(38-32-23)22-19(25(26,27)28)20(31-37-22)13-5-3-2-4-6-13;3-2(4,5)1(6)7/h2-8,10,12,16,21,29,35H,9,11H2,1H3,(H,33,34);(H,6,7). The van der Waals surface area contributed by atoms with Crippen molar-refractivity contribution in [2.45, 2.75) is 43.9 Å². The number of halogens is 6. The van der Waals surface area contributed by atoms with Gasteiger partial charge >= 0.3 is 24.3 Å². The van der Waals surface area contributed by atoms with Gasteiger partial charge in [0, 0.05) is 22.7 Å². The molecule has 18 heteroatoms. The van der Waals surface area contributed by atoms with E-state index < -0.39 is 65.4 Å². The number of aliphatic hydroxyl groups excluding tert-OH is 1. The van der Waals surface area contributed by atoms with Crippen LogP contribution in [0.15, 0.2) is 57.6 Å². The summed E-state index contributed by atoms with van der Waals surface area (Å²) in [5.74, 6) is -4.63. The fourth-order valence-corrected chi connectivity index (χ4v) is 4.28. The minimum Gasteiger partial charge on any atom is -0.491 e. The molecule has 0 bridgehead atoms. The highest BCUT2D eigenvalue weighted by molar-refractivity contribution is 5.73. The minimum absolute atomic E-state index is 0.0259. The molecule has 0 spiro atoms. The third-order valence-corrected chi connectivity index (χ3v) is 6.25. The van der Waals surface area contributed by atoms with Crippen molar-refractivity contribution in [2.24, 2.45) is 0 Å². The van der Waals surface area contributed by atoms with Gasteiger partial charge in [-0.15, -0.1) is 0 Å². The van der Waals surface area contributed by atoms with Crippen LogP contribution in [0.1, 0.15) is 30.6 Å². The van der Waals surface area contributed by atoms with Crippen LogP contribution in [-0.2, 0) is 15.8 Å². The van der Waals surface area contributed by atoms with Gasteiger partial charge in [-0.25, -0.2) is 4.79 Å². The number of alkyl halides is 6. The summed E-state index contributed by atoms with van der Waals surface area (Å²) in [6.45, 7) is 1.75. The number of carbonyl (C=O) groups is 2. The van der Waals surface area contributed by atoms with Gasteiger partial charge in [0.05, 0.1) is 12.5 Å². The van der Waals surface area contributed by atoms with Crippen molar-refractivity contribution in [3.63, 3.8) is 0 Å². The number of hydrogen-bond acceptors (Lipinski definition) is 10. The topological polar surface area (TPSA) is 181 Å². The van der Waals surface area contributed by atoms with E-state index in [0.717, 1.165) is 0 Å². The summed E-state index contributed by atoms with van der Waals surface area (Å²) in [6.07, 6.45) is -11.0. The predicted octanol–water partition coefficient (Wildman–Crippen LogP) is 4.96. The van der Waals surface area contributed by atoms with Crippen molar-refractivity contribution >= 4 is 11.9 Å². The molecule has 1 aliphatic heterocycles. The maximum Gasteiger partial charge on any atom is 0.490 e. The summed E-state index contributed by atoms with van der Waals surface area (Å²) in [4.78, 5) is 23.9. The summed E-state index contributed by atoms with van der Waals surface area (Å²) in [5, 5.41) is 37.3. The molecule has 45 heavy (non-hydrogen) atoms. The Morgan fingerprint density at radius 3 is 2.27 bits per heavy atom. The molecule has 3 unspecified atom stereocenters. The molecule has 4 aromatic rings. The second kappa shape index (κ2) is 12.9. The quantitative estimate of drug-likeness (QED) is 0.199. The summed E-state index contributed by atoms with van der Waals surface area (Å²) in [7, 11) is 0. The van der Waals surface area contributed by atoms with E-state index in [9.17, 15) is 36.2 Å². The maximum absolute atomic E-state index is 14.0. The van der Waals surface area contributed by atoms with Crippen molar-refractivity contribution in [2.75, 3.05) is 6.61 Å². The minimum atomic E-state index is -5.08. The van der Waals surface area contributed by atoms with E-state index in [-0.39, 0.29) is 24.4 Å². The fourth-order valence-electron chi connectivity index (χ4n) is 4.28. The van der Waals surface area contributed by atoms with Gasteiger partial charge in [0.2, 0.25) is 11.6 Å². The van der Waals surface area contributed by atoms with Gasteiger partial charge in [-0.1, -0.05) is 52.8 Å². The van der Waals surface area contributed by atoms with Crippen LogP contribution in [0.5, 0.6) is 5.75 Å². The van der Waals surface area contributed by atoms with Gasteiger partial charge in [-0.05, 0) is 13.0 Å². The first-order chi connectivity index (χ1) is 21.1. The molecule has 0 saturated heterocycles. The molecule has 0 radical (unpaired) electrons. The molecule has 2 aromatic carbocycles. The average molecular weight is 644 g/mol. The summed E-state index contributed by atoms with van der Waals surface area (Å²) in [6, 6.07) is 11.5. The van der Waals surface area contributed by atoms with Gasteiger partial charge in [-0.2, -0.15) is 31.3 Å². The van der Waals surface area contributed by atoms with Crippen LogP contribution < -0.4 is 10.1 Å². The first kappa shape index (κ1) is 32.9. The van der Waals surface area contributed by atoms with E-state index in [4.69, 9.17) is 28.8 Å². The third kappa shape index (κ3) is 7.76. The largest absolute Gasteiger partial charge is 0.491 e. The zero-order valence-electron chi connectivity index (χ0n) is 22.8. The predicted molar refractivity (Wildman–Crippen MR) is 138 cm³/mol. The van der Waals surface area contributed by atoms with Crippen molar-refractivity contribution < 1.29 is 65.0 Å². The van der Waals surface area contributed by atoms with Gasteiger partial charge in [0.25, 0.3) is 5.89 Å². The Balaban J connectivity index is 0.000000591. The molecule has 4 N–H and O–H groups in total. The number of aromatic nitrogens is 3. The highest BCUT2D eigenvalue weighted by Gasteiger charge is 2.43. The highest BCUT2D eigenvalue weighted by Crippen LogP contribution is 2.43. The zero-order valence-corrected chi connectivity index (χ0v) is 22.8. The van der Waals surface area contributed by atoms with E-state index in [1.165, 1.54) is 18.2 Å². The molecule has 2 aromatic heterocycles. The lowest BCUT2D eigenvalue weighted by atomic mass is 9.96. The van der Waals surface area contributed by atoms with Gasteiger partial charge in [-0.3, -0.25) is 4.79 Å². The molecule has 0 saturated carbocycles. The normalized spacial score (nSPS) is 17.0. The Kier molecular flexibility index (Phi) is 9.48. The number of benzene rings is 2. The molecule has 12 nitrogen and oxygen atoms in total. The molecular weight excluding hydrogens is 622 g/mol. The number of hydrogen-bond donors (Lipinski definition) is 4. The van der Waals surface area contributed by atoms with Crippen molar-refractivity contribution in [1.29, 1.82) is 0 Å². The Hall–Kier alpha value is -4.97. The lowest BCUT2D eigenvalue weighted by Crippen LogP contribution is -2.47. The number of carboxylic acid groups (broad SMARTS) is 2. The zero-order chi connectivity index (χ0) is 33.1. The average Bonchev–Trinajstić information content (AvgIpc) is 3.62. The molecule has 5 rings (SSSR count). The molecule has 0 fully saturated rings. The monoisotopic (exact) mass is 644 g/mol. The lowest BCUT2D eigenvalue weighted by Gasteiger charge is -2.32. The van der Waals surface area contributed by atoms with Crippen molar-refractivity contribution in [1.82, 2.24) is 20.6 Å². The SMILES string of the molecule is CC(CC(=O)O)NC1COc2cc(-c3noc(-c4onc(-c5ccccc5)c4C(F)(F)F)n3)ccc2C1O.O=C(O)C(F)(F)F. The fraction of sp³-hybridized carbons (Fsp3) is 0.296. The Morgan fingerprint density at radius 1 is 1.00 bits per heavy atom. The molecule has 0 aliphatic carbocycles. The molecule has 240 valence electrons. The van der Waals surface area contributed by atoms with Crippen molar-refractivity contribution in [3.05, 3.63) is 59.7 Å². The molecule has 1 aliphatic rings. The molecule has 3 atom stereocenters. The third-order valence-electron chi connectivity index (χ3n) is 6.25. The Morgan fingerprint density at radius 2 is 1.67 bits per heavy atom. The van der Waals surface area contributed by atoms with E-state index in [2.05, 4.69) is 20.6 Å². The lowest BCUT2D eigenvalue weighted by molar-refractivity contribution is -0.192. The number of rotatable bonds is 7. The smallest absolute Gasteiger partial charge is 0.490 e. The summed E-state index contributed by atoms with van der Waals surface area (Å²) >= 11 is 0. The Bertz CT molecular complexity index is 1650. The van der Waals surface area contributed by atoms with Crippen LogP contribution >= 0.6 is 0 Å². The number of aliphatic carboxylic acids is 2. The van der Waals surface area contributed by atoms with Crippen LogP contribution in [0, 0.1) is 0 Å². The van der Waals surface area contributed by atoms with E-state index in [1.54, 1.807) is 37.3 Å². The summed E-state index contributed by atoms with van der Waals surface area (Å²) < 4.78 is 89.5. The van der Waals surface area contributed by atoms with E-state index in [0.29, 0.717) is 16.9 Å². The first-order valence-electron chi connectivity index (χ1n) is 12.8. The van der Waals surface area contributed by atoms with Crippen molar-refractivity contribution in [3.8, 4) is 40.0 Å². The van der Waals surface area contributed by atoms with Gasteiger partial charge in [0.1, 0.15) is 29.7 Å². The van der Waals surface area contributed by atoms with Crippen LogP contribution in [-0.4, -0.2) is 67.4 Å². The molecular formula is C27H22F6N4O8.